The number of hydrogen-bond donors (Lipinski definition) is 2. The molecule has 1 aliphatic carbocycles. The van der Waals surface area contributed by atoms with Gasteiger partial charge in [-0.2, -0.15) is 0 Å². The van der Waals surface area contributed by atoms with Crippen LogP contribution in [0, 0.1) is 5.92 Å². The maximum absolute atomic E-state index is 11.9. The van der Waals surface area contributed by atoms with Crippen molar-refractivity contribution in [3.8, 4) is 5.75 Å². The Morgan fingerprint density at radius 1 is 1.14 bits per heavy atom. The van der Waals surface area contributed by atoms with E-state index in [0.717, 1.165) is 69.1 Å². The van der Waals surface area contributed by atoms with Gasteiger partial charge in [0.25, 0.3) is 0 Å². The van der Waals surface area contributed by atoms with E-state index in [1.165, 1.54) is 0 Å². The van der Waals surface area contributed by atoms with E-state index >= 15 is 0 Å². The Hall–Kier alpha value is -1.37. The number of amides is 1. The van der Waals surface area contributed by atoms with Crippen LogP contribution in [0.4, 0.5) is 4.79 Å². The van der Waals surface area contributed by atoms with Crippen molar-refractivity contribution in [2.45, 2.75) is 51.0 Å². The Balaban J connectivity index is 1.48. The Kier molecular flexibility index (Phi) is 11.3. The monoisotopic (exact) mass is 452 g/mol. The highest BCUT2D eigenvalue weighted by Gasteiger charge is 2.22. The Morgan fingerprint density at radius 3 is 2.61 bits per heavy atom. The third-order valence-corrected chi connectivity index (χ3v) is 5.51. The topological polar surface area (TPSA) is 59.6 Å². The van der Waals surface area contributed by atoms with E-state index in [1.54, 1.807) is 12.1 Å². The molecule has 0 spiro atoms. The van der Waals surface area contributed by atoms with Gasteiger partial charge < -0.3 is 20.1 Å². The molecular weight excluding hydrogens is 420 g/mol. The van der Waals surface area contributed by atoms with Gasteiger partial charge in [-0.05, 0) is 88.2 Å². The van der Waals surface area contributed by atoms with Crippen molar-refractivity contribution in [1.82, 2.24) is 10.6 Å². The minimum Gasteiger partial charge on any atom is -0.410 e. The Morgan fingerprint density at radius 2 is 1.89 bits per heavy atom. The number of benzene rings is 1. The molecule has 0 radical (unpaired) electrons. The second-order valence-electron chi connectivity index (χ2n) is 7.27. The van der Waals surface area contributed by atoms with Gasteiger partial charge >= 0.3 is 6.09 Å². The molecule has 156 valence electrons. The normalized spacial score (nSPS) is 19.2. The first-order valence-corrected chi connectivity index (χ1v) is 11.1. The second-order valence-corrected chi connectivity index (χ2v) is 8.19. The first-order chi connectivity index (χ1) is 13.7. The SMILES string of the molecule is C=CCCNCCCCOC1CCC(CNC(=O)Oc2ccc(Br)cc2)CC1. The summed E-state index contributed by atoms with van der Waals surface area (Å²) in [5, 5.41) is 6.28. The van der Waals surface area contributed by atoms with Crippen molar-refractivity contribution in [2.24, 2.45) is 5.92 Å². The summed E-state index contributed by atoms with van der Waals surface area (Å²) < 4.78 is 12.3. The molecule has 0 bridgehead atoms. The molecule has 1 saturated carbocycles. The number of rotatable bonds is 12. The molecule has 1 aromatic rings. The van der Waals surface area contributed by atoms with Gasteiger partial charge in [-0.15, -0.1) is 6.58 Å². The van der Waals surface area contributed by atoms with Crippen molar-refractivity contribution in [2.75, 3.05) is 26.2 Å². The molecule has 1 aliphatic rings. The van der Waals surface area contributed by atoms with Crippen LogP contribution in [0.15, 0.2) is 41.4 Å². The minimum atomic E-state index is -0.387. The molecule has 1 fully saturated rings. The average Bonchev–Trinajstić information content (AvgIpc) is 2.71. The van der Waals surface area contributed by atoms with Crippen LogP contribution < -0.4 is 15.4 Å². The molecule has 28 heavy (non-hydrogen) atoms. The molecule has 0 aromatic heterocycles. The van der Waals surface area contributed by atoms with Gasteiger partial charge in [0, 0.05) is 17.6 Å². The molecule has 0 unspecified atom stereocenters. The molecule has 2 N–H and O–H groups in total. The molecule has 2 rings (SSSR count). The fourth-order valence-electron chi connectivity index (χ4n) is 3.31. The fourth-order valence-corrected chi connectivity index (χ4v) is 3.57. The number of carbonyl (C=O) groups is 1. The maximum atomic E-state index is 11.9. The van der Waals surface area contributed by atoms with Gasteiger partial charge in [0.2, 0.25) is 0 Å². The summed E-state index contributed by atoms with van der Waals surface area (Å²) in [4.78, 5) is 11.9. The minimum absolute atomic E-state index is 0.375. The molecule has 0 aliphatic heterocycles. The zero-order valence-electron chi connectivity index (χ0n) is 16.6. The molecule has 0 saturated heterocycles. The summed E-state index contributed by atoms with van der Waals surface area (Å²) in [6, 6.07) is 7.24. The maximum Gasteiger partial charge on any atom is 0.412 e. The fraction of sp³-hybridized carbons (Fsp3) is 0.591. The van der Waals surface area contributed by atoms with Gasteiger partial charge in [0.15, 0.2) is 0 Å². The molecule has 1 aromatic carbocycles. The van der Waals surface area contributed by atoms with E-state index < -0.39 is 0 Å². The first-order valence-electron chi connectivity index (χ1n) is 10.3. The summed E-state index contributed by atoms with van der Waals surface area (Å²) in [5.74, 6) is 1.06. The molecule has 0 heterocycles. The standard InChI is InChI=1S/C22H33BrN2O3/c1-2-3-14-24-15-4-5-16-27-20-10-6-18(7-11-20)17-25-22(26)28-21-12-8-19(23)9-13-21/h2,8-9,12-13,18,20,24H,1,3-7,10-11,14-17H2,(H,25,26). The van der Waals surface area contributed by atoms with E-state index in [4.69, 9.17) is 9.47 Å². The van der Waals surface area contributed by atoms with Crippen molar-refractivity contribution in [3.63, 3.8) is 0 Å². The summed E-state index contributed by atoms with van der Waals surface area (Å²) in [6.45, 7) is 7.29. The Bertz CT molecular complexity index is 572. The molecule has 6 heteroatoms. The lowest BCUT2D eigenvalue weighted by atomic mass is 9.87. The van der Waals surface area contributed by atoms with Gasteiger partial charge in [0.05, 0.1) is 6.10 Å². The van der Waals surface area contributed by atoms with Crippen molar-refractivity contribution in [3.05, 3.63) is 41.4 Å². The van der Waals surface area contributed by atoms with E-state index in [1.807, 2.05) is 18.2 Å². The summed E-state index contributed by atoms with van der Waals surface area (Å²) in [6.07, 6.45) is 9.53. The third-order valence-electron chi connectivity index (χ3n) is 4.98. The third kappa shape index (κ3) is 9.71. The first kappa shape index (κ1) is 22.9. The van der Waals surface area contributed by atoms with Crippen LogP contribution in [0.3, 0.4) is 0 Å². The number of ether oxygens (including phenoxy) is 2. The highest BCUT2D eigenvalue weighted by Crippen LogP contribution is 2.26. The van der Waals surface area contributed by atoms with Crippen LogP contribution in [0.5, 0.6) is 5.75 Å². The number of hydrogen-bond acceptors (Lipinski definition) is 4. The zero-order chi connectivity index (χ0) is 20.0. The lowest BCUT2D eigenvalue weighted by molar-refractivity contribution is 0.0166. The quantitative estimate of drug-likeness (QED) is 0.343. The van der Waals surface area contributed by atoms with Crippen LogP contribution >= 0.6 is 15.9 Å². The van der Waals surface area contributed by atoms with Crippen LogP contribution in [0.25, 0.3) is 0 Å². The lowest BCUT2D eigenvalue weighted by Crippen LogP contribution is -2.34. The van der Waals surface area contributed by atoms with E-state index in [9.17, 15) is 4.79 Å². The molecule has 5 nitrogen and oxygen atoms in total. The van der Waals surface area contributed by atoms with E-state index in [2.05, 4.69) is 33.1 Å². The Labute approximate surface area is 177 Å². The zero-order valence-corrected chi connectivity index (χ0v) is 18.2. The highest BCUT2D eigenvalue weighted by molar-refractivity contribution is 9.10. The predicted octanol–water partition coefficient (Wildman–Crippen LogP) is 5.06. The number of unbranched alkanes of at least 4 members (excludes halogenated alkanes) is 1. The highest BCUT2D eigenvalue weighted by atomic mass is 79.9. The van der Waals surface area contributed by atoms with E-state index in [-0.39, 0.29) is 6.09 Å². The summed E-state index contributed by atoms with van der Waals surface area (Å²) in [5.41, 5.74) is 0. The average molecular weight is 453 g/mol. The van der Waals surface area contributed by atoms with Crippen LogP contribution in [-0.4, -0.2) is 38.4 Å². The lowest BCUT2D eigenvalue weighted by Gasteiger charge is -2.28. The predicted molar refractivity (Wildman–Crippen MR) is 117 cm³/mol. The summed E-state index contributed by atoms with van der Waals surface area (Å²) >= 11 is 3.36. The molecule has 1 amide bonds. The van der Waals surface area contributed by atoms with Crippen molar-refractivity contribution >= 4 is 22.0 Å². The van der Waals surface area contributed by atoms with Gasteiger partial charge in [0.1, 0.15) is 5.75 Å². The largest absolute Gasteiger partial charge is 0.412 e. The second kappa shape index (κ2) is 13.7. The summed E-state index contributed by atoms with van der Waals surface area (Å²) in [7, 11) is 0. The number of nitrogens with one attached hydrogen (secondary N) is 2. The number of carbonyl (C=O) groups excluding carboxylic acids is 1. The van der Waals surface area contributed by atoms with Crippen molar-refractivity contribution < 1.29 is 14.3 Å². The van der Waals surface area contributed by atoms with Crippen molar-refractivity contribution in [1.29, 1.82) is 0 Å². The van der Waals surface area contributed by atoms with Gasteiger partial charge in [-0.25, -0.2) is 4.79 Å². The van der Waals surface area contributed by atoms with E-state index in [0.29, 0.717) is 24.3 Å². The van der Waals surface area contributed by atoms with Gasteiger partial charge in [-0.3, -0.25) is 0 Å². The number of halogens is 1. The molecular formula is C22H33BrN2O3. The van der Waals surface area contributed by atoms with Gasteiger partial charge in [-0.1, -0.05) is 22.0 Å². The molecule has 0 atom stereocenters. The van der Waals surface area contributed by atoms with Crippen LogP contribution in [0.1, 0.15) is 44.9 Å². The van der Waals surface area contributed by atoms with Crippen LogP contribution in [0.2, 0.25) is 0 Å². The smallest absolute Gasteiger partial charge is 0.410 e. The van der Waals surface area contributed by atoms with Crippen LogP contribution in [-0.2, 0) is 4.74 Å².